The number of carbonyl (C=O) groups is 1. The van der Waals surface area contributed by atoms with Crippen LogP contribution in [0, 0.1) is 0 Å². The van der Waals surface area contributed by atoms with E-state index in [1.54, 1.807) is 25.3 Å². The molecule has 132 valence electrons. The molecule has 0 aliphatic heterocycles. The number of para-hydroxylation sites is 1. The molecule has 1 amide bonds. The predicted molar refractivity (Wildman–Crippen MR) is 102 cm³/mol. The molecule has 2 aromatic carbocycles. The quantitative estimate of drug-likeness (QED) is 0.791. The first-order valence-electron chi connectivity index (χ1n) is 8.50. The van der Waals surface area contributed by atoms with Gasteiger partial charge in [0.15, 0.2) is 11.5 Å². The van der Waals surface area contributed by atoms with Crippen LogP contribution in [0.15, 0.2) is 47.4 Å². The number of nitrogens with one attached hydrogen (secondary N) is 1. The Balaban J connectivity index is 1.68. The standard InChI is InChI=1S/C20H23NO3S/c1-23-18-9-5-8-17(19(18)24-2)20(22)21-14-10-12-16(13-11-14)25-15-6-3-4-7-15/h5,8-13,15H,3-4,6-7H2,1-2H3,(H,21,22). The van der Waals surface area contributed by atoms with Crippen LogP contribution < -0.4 is 14.8 Å². The van der Waals surface area contributed by atoms with Gasteiger partial charge in [-0.1, -0.05) is 18.9 Å². The minimum Gasteiger partial charge on any atom is -0.493 e. The van der Waals surface area contributed by atoms with Crippen molar-refractivity contribution in [3.63, 3.8) is 0 Å². The summed E-state index contributed by atoms with van der Waals surface area (Å²) in [6, 6.07) is 13.3. The smallest absolute Gasteiger partial charge is 0.259 e. The van der Waals surface area contributed by atoms with Crippen LogP contribution in [0.2, 0.25) is 0 Å². The summed E-state index contributed by atoms with van der Waals surface area (Å²) in [7, 11) is 3.09. The minimum absolute atomic E-state index is 0.216. The van der Waals surface area contributed by atoms with Gasteiger partial charge in [0, 0.05) is 15.8 Å². The molecule has 0 saturated heterocycles. The van der Waals surface area contributed by atoms with Crippen molar-refractivity contribution in [1.29, 1.82) is 0 Å². The van der Waals surface area contributed by atoms with Gasteiger partial charge in [-0.05, 0) is 49.2 Å². The van der Waals surface area contributed by atoms with Crippen LogP contribution in [0.4, 0.5) is 5.69 Å². The zero-order chi connectivity index (χ0) is 17.6. The highest BCUT2D eigenvalue weighted by Gasteiger charge is 2.17. The third-order valence-electron chi connectivity index (χ3n) is 4.36. The lowest BCUT2D eigenvalue weighted by atomic mass is 10.1. The van der Waals surface area contributed by atoms with Gasteiger partial charge < -0.3 is 14.8 Å². The Kier molecular flexibility index (Phi) is 5.87. The Morgan fingerprint density at radius 3 is 2.40 bits per heavy atom. The fourth-order valence-electron chi connectivity index (χ4n) is 3.08. The first-order chi connectivity index (χ1) is 12.2. The van der Waals surface area contributed by atoms with E-state index in [2.05, 4.69) is 17.4 Å². The van der Waals surface area contributed by atoms with Gasteiger partial charge in [-0.2, -0.15) is 0 Å². The molecule has 1 saturated carbocycles. The lowest BCUT2D eigenvalue weighted by molar-refractivity contribution is 0.102. The van der Waals surface area contributed by atoms with Crippen LogP contribution in [0.1, 0.15) is 36.0 Å². The molecule has 0 spiro atoms. The van der Waals surface area contributed by atoms with Crippen LogP contribution in [-0.4, -0.2) is 25.4 Å². The van der Waals surface area contributed by atoms with Crippen molar-refractivity contribution in [2.75, 3.05) is 19.5 Å². The number of ether oxygens (including phenoxy) is 2. The van der Waals surface area contributed by atoms with Crippen molar-refractivity contribution in [3.8, 4) is 11.5 Å². The Labute approximate surface area is 152 Å². The van der Waals surface area contributed by atoms with Crippen LogP contribution in [0.5, 0.6) is 11.5 Å². The molecule has 25 heavy (non-hydrogen) atoms. The summed E-state index contributed by atoms with van der Waals surface area (Å²) in [5, 5.41) is 3.66. The first kappa shape index (κ1) is 17.7. The van der Waals surface area contributed by atoms with E-state index in [0.29, 0.717) is 17.1 Å². The average Bonchev–Trinajstić information content (AvgIpc) is 3.15. The van der Waals surface area contributed by atoms with Gasteiger partial charge in [0.1, 0.15) is 0 Å². The van der Waals surface area contributed by atoms with Crippen molar-refractivity contribution in [3.05, 3.63) is 48.0 Å². The number of methoxy groups -OCH3 is 2. The van der Waals surface area contributed by atoms with Crippen molar-refractivity contribution >= 4 is 23.4 Å². The monoisotopic (exact) mass is 357 g/mol. The maximum atomic E-state index is 12.6. The van der Waals surface area contributed by atoms with Crippen molar-refractivity contribution in [2.45, 2.75) is 35.8 Å². The van der Waals surface area contributed by atoms with E-state index in [1.165, 1.54) is 37.7 Å². The number of hydrogen-bond acceptors (Lipinski definition) is 4. The van der Waals surface area contributed by atoms with Gasteiger partial charge >= 0.3 is 0 Å². The van der Waals surface area contributed by atoms with Crippen molar-refractivity contribution in [2.24, 2.45) is 0 Å². The molecule has 5 heteroatoms. The van der Waals surface area contributed by atoms with E-state index >= 15 is 0 Å². The highest BCUT2D eigenvalue weighted by molar-refractivity contribution is 8.00. The topological polar surface area (TPSA) is 47.6 Å². The average molecular weight is 357 g/mol. The van der Waals surface area contributed by atoms with Crippen LogP contribution in [0.25, 0.3) is 0 Å². The summed E-state index contributed by atoms with van der Waals surface area (Å²) in [6.07, 6.45) is 5.29. The number of carbonyl (C=O) groups excluding carboxylic acids is 1. The Morgan fingerprint density at radius 1 is 1.04 bits per heavy atom. The van der Waals surface area contributed by atoms with E-state index in [-0.39, 0.29) is 5.91 Å². The van der Waals surface area contributed by atoms with E-state index in [4.69, 9.17) is 9.47 Å². The van der Waals surface area contributed by atoms with Crippen molar-refractivity contribution < 1.29 is 14.3 Å². The van der Waals surface area contributed by atoms with E-state index in [1.807, 2.05) is 23.9 Å². The second-order valence-corrected chi connectivity index (χ2v) is 7.42. The highest BCUT2D eigenvalue weighted by atomic mass is 32.2. The molecule has 2 aromatic rings. The lowest BCUT2D eigenvalue weighted by Crippen LogP contribution is -2.13. The normalized spacial score (nSPS) is 14.3. The highest BCUT2D eigenvalue weighted by Crippen LogP contribution is 2.35. The molecule has 1 aliphatic rings. The van der Waals surface area contributed by atoms with Gasteiger partial charge in [0.2, 0.25) is 0 Å². The molecule has 1 N–H and O–H groups in total. The van der Waals surface area contributed by atoms with E-state index in [0.717, 1.165) is 10.9 Å². The molecule has 0 bridgehead atoms. The number of amides is 1. The number of hydrogen-bond donors (Lipinski definition) is 1. The molecule has 1 aliphatic carbocycles. The predicted octanol–water partition coefficient (Wildman–Crippen LogP) is 4.99. The molecule has 0 radical (unpaired) electrons. The summed E-state index contributed by atoms with van der Waals surface area (Å²) >= 11 is 1.94. The van der Waals surface area contributed by atoms with Crippen LogP contribution in [0.3, 0.4) is 0 Å². The lowest BCUT2D eigenvalue weighted by Gasteiger charge is -2.13. The van der Waals surface area contributed by atoms with Gasteiger partial charge in [0.25, 0.3) is 5.91 Å². The number of thioether (sulfide) groups is 1. The number of anilines is 1. The molecule has 3 rings (SSSR count). The summed E-state index contributed by atoms with van der Waals surface area (Å²) < 4.78 is 10.6. The SMILES string of the molecule is COc1cccc(C(=O)Nc2ccc(SC3CCCC3)cc2)c1OC. The Hall–Kier alpha value is -2.14. The van der Waals surface area contributed by atoms with Gasteiger partial charge in [-0.25, -0.2) is 0 Å². The first-order valence-corrected chi connectivity index (χ1v) is 9.38. The molecule has 4 nitrogen and oxygen atoms in total. The second-order valence-electron chi connectivity index (χ2n) is 6.04. The summed E-state index contributed by atoms with van der Waals surface area (Å²) in [5.74, 6) is 0.765. The molecular formula is C20H23NO3S. The molecule has 0 aromatic heterocycles. The van der Waals surface area contributed by atoms with Gasteiger partial charge in [0.05, 0.1) is 19.8 Å². The number of benzene rings is 2. The molecule has 0 atom stereocenters. The van der Waals surface area contributed by atoms with Crippen molar-refractivity contribution in [1.82, 2.24) is 0 Å². The fraction of sp³-hybridized carbons (Fsp3) is 0.350. The molecular weight excluding hydrogens is 334 g/mol. The van der Waals surface area contributed by atoms with Crippen LogP contribution in [-0.2, 0) is 0 Å². The maximum absolute atomic E-state index is 12.6. The fourth-order valence-corrected chi connectivity index (χ4v) is 4.33. The Bertz CT molecular complexity index is 724. The molecule has 0 heterocycles. The van der Waals surface area contributed by atoms with Crippen LogP contribution >= 0.6 is 11.8 Å². The number of rotatable bonds is 6. The molecule has 1 fully saturated rings. The van der Waals surface area contributed by atoms with Gasteiger partial charge in [-0.3, -0.25) is 4.79 Å². The third kappa shape index (κ3) is 4.28. The second kappa shape index (κ2) is 8.30. The third-order valence-corrected chi connectivity index (χ3v) is 5.71. The summed E-state index contributed by atoms with van der Waals surface area (Å²) in [4.78, 5) is 13.8. The zero-order valence-corrected chi connectivity index (χ0v) is 15.4. The van der Waals surface area contributed by atoms with Gasteiger partial charge in [-0.15, -0.1) is 11.8 Å². The van der Waals surface area contributed by atoms with E-state index < -0.39 is 0 Å². The zero-order valence-electron chi connectivity index (χ0n) is 14.6. The summed E-state index contributed by atoms with van der Waals surface area (Å²) in [6.45, 7) is 0. The summed E-state index contributed by atoms with van der Waals surface area (Å²) in [5.41, 5.74) is 1.22. The molecule has 0 unspecified atom stereocenters. The largest absolute Gasteiger partial charge is 0.493 e. The maximum Gasteiger partial charge on any atom is 0.259 e. The van der Waals surface area contributed by atoms with E-state index in [9.17, 15) is 4.79 Å². The Morgan fingerprint density at radius 2 is 1.76 bits per heavy atom. The minimum atomic E-state index is -0.216.